The number of halogens is 4. The van der Waals surface area contributed by atoms with E-state index in [4.69, 9.17) is 11.6 Å². The topological polar surface area (TPSA) is 124 Å². The maximum absolute atomic E-state index is 11.2. The molecule has 9 nitrogen and oxygen atoms in total. The van der Waals surface area contributed by atoms with E-state index in [1.165, 1.54) is 12.5 Å². The Labute approximate surface area is 256 Å². The molecule has 0 fully saturated rings. The molecule has 0 aliphatic heterocycles. The van der Waals surface area contributed by atoms with Crippen molar-refractivity contribution in [1.82, 2.24) is 19.1 Å². The number of alkyl halides is 1. The van der Waals surface area contributed by atoms with Gasteiger partial charge in [-0.25, -0.2) is 26.8 Å². The third kappa shape index (κ3) is 9.98. The predicted octanol–water partition coefficient (Wildman–Crippen LogP) is 5.12. The lowest BCUT2D eigenvalue weighted by molar-refractivity contribution is 0.266. The first-order valence-corrected chi connectivity index (χ1v) is 17.9. The molecule has 0 aliphatic rings. The number of rotatable bonds is 10. The molecule has 0 bridgehead atoms. The number of aromatic nitrogens is 4. The summed E-state index contributed by atoms with van der Waals surface area (Å²) in [6.45, 7) is 0.972. The van der Waals surface area contributed by atoms with Gasteiger partial charge < -0.3 is 14.2 Å². The fraction of sp³-hybridized carbons (Fsp3) is 0.417. The summed E-state index contributed by atoms with van der Waals surface area (Å²) in [4.78, 5) is 8.80. The standard InChI is InChI=1S/C12H14BrClN2O2S.C12H15BrN2O3S.ClH/c1-19(17,18)6-2-5-16-11-4-3-9(13)7-10(11)15-12(16)8-14;1-19(17,18)6-2-5-15-11-4-3-9(13)7-10(11)14-12(15)8-16;/h3-4,7H,2,5-6,8H2,1H3;3-4,7,16H,2,5-6,8H2,1H3;1H. The number of imidazole rings is 2. The molecule has 0 atom stereocenters. The molecule has 2 aromatic heterocycles. The lowest BCUT2D eigenvalue weighted by Crippen LogP contribution is -2.09. The van der Waals surface area contributed by atoms with Gasteiger partial charge in [-0.1, -0.05) is 31.9 Å². The zero-order valence-electron chi connectivity index (χ0n) is 21.3. The van der Waals surface area contributed by atoms with Gasteiger partial charge in [0.25, 0.3) is 0 Å². The quantitative estimate of drug-likeness (QED) is 0.224. The van der Waals surface area contributed by atoms with E-state index in [1.54, 1.807) is 0 Å². The lowest BCUT2D eigenvalue weighted by atomic mass is 10.3. The second-order valence-corrected chi connectivity index (χ2v) is 15.5. The van der Waals surface area contributed by atoms with Crippen LogP contribution in [-0.2, 0) is 45.3 Å². The number of aliphatic hydroxyl groups is 1. The average molecular weight is 749 g/mol. The summed E-state index contributed by atoms with van der Waals surface area (Å²) >= 11 is 12.7. The van der Waals surface area contributed by atoms with Crippen molar-refractivity contribution in [2.45, 2.75) is 38.4 Å². The van der Waals surface area contributed by atoms with Crippen molar-refractivity contribution in [3.63, 3.8) is 0 Å². The Balaban J connectivity index is 0.000000267. The highest BCUT2D eigenvalue weighted by Crippen LogP contribution is 2.23. The highest BCUT2D eigenvalue weighted by atomic mass is 79.9. The summed E-state index contributed by atoms with van der Waals surface area (Å²) in [6, 6.07) is 11.5. The molecule has 0 aliphatic carbocycles. The largest absolute Gasteiger partial charge is 0.388 e. The van der Waals surface area contributed by atoms with Gasteiger partial charge in [0.2, 0.25) is 0 Å². The second kappa shape index (κ2) is 14.6. The molecule has 0 saturated carbocycles. The molecule has 2 heterocycles. The number of sulfone groups is 2. The van der Waals surface area contributed by atoms with Crippen LogP contribution >= 0.6 is 55.9 Å². The summed E-state index contributed by atoms with van der Waals surface area (Å²) < 4.78 is 50.4. The van der Waals surface area contributed by atoms with Crippen molar-refractivity contribution in [2.75, 3.05) is 24.0 Å². The summed E-state index contributed by atoms with van der Waals surface area (Å²) in [5, 5.41) is 9.33. The van der Waals surface area contributed by atoms with Crippen molar-refractivity contribution in [3.8, 4) is 0 Å². The summed E-state index contributed by atoms with van der Waals surface area (Å²) in [5.41, 5.74) is 3.54. The van der Waals surface area contributed by atoms with Crippen molar-refractivity contribution in [3.05, 3.63) is 57.0 Å². The number of benzene rings is 2. The summed E-state index contributed by atoms with van der Waals surface area (Å²) in [7, 11) is -5.89. The van der Waals surface area contributed by atoms with Crippen molar-refractivity contribution < 1.29 is 21.9 Å². The third-order valence-corrected chi connectivity index (χ3v) is 8.92. The molecular weight excluding hydrogens is 719 g/mol. The number of aryl methyl sites for hydroxylation is 2. The van der Waals surface area contributed by atoms with E-state index in [0.717, 1.165) is 36.8 Å². The van der Waals surface area contributed by atoms with Crippen LogP contribution in [0.25, 0.3) is 22.1 Å². The van der Waals surface area contributed by atoms with E-state index in [-0.39, 0.29) is 30.5 Å². The van der Waals surface area contributed by atoms with Gasteiger partial charge in [-0.2, -0.15) is 0 Å². The molecule has 0 radical (unpaired) electrons. The van der Waals surface area contributed by atoms with Crippen molar-refractivity contribution in [2.24, 2.45) is 0 Å². The maximum atomic E-state index is 11.2. The van der Waals surface area contributed by atoms with E-state index in [0.29, 0.717) is 37.6 Å². The Hall–Kier alpha value is -1.22. The van der Waals surface area contributed by atoms with Crippen LogP contribution in [0.2, 0.25) is 0 Å². The molecule has 1 N–H and O–H groups in total. The normalized spacial score (nSPS) is 11.8. The second-order valence-electron chi connectivity index (χ2n) is 8.88. The van der Waals surface area contributed by atoms with E-state index >= 15 is 0 Å². The van der Waals surface area contributed by atoms with Crippen LogP contribution in [0.4, 0.5) is 0 Å². The molecule has 0 unspecified atom stereocenters. The smallest absolute Gasteiger partial charge is 0.147 e. The van der Waals surface area contributed by atoms with E-state index in [1.807, 2.05) is 45.5 Å². The molecule has 2 aromatic carbocycles. The summed E-state index contributed by atoms with van der Waals surface area (Å²) in [6.07, 6.45) is 3.54. The highest BCUT2D eigenvalue weighted by molar-refractivity contribution is 9.10. The Morgan fingerprint density at radius 2 is 1.21 bits per heavy atom. The minimum Gasteiger partial charge on any atom is -0.388 e. The molecule has 216 valence electrons. The third-order valence-electron chi connectivity index (χ3n) is 5.63. The number of hydrogen-bond donors (Lipinski definition) is 1. The fourth-order valence-electron chi connectivity index (χ4n) is 4.00. The van der Waals surface area contributed by atoms with Gasteiger partial charge in [0.1, 0.15) is 37.9 Å². The Kier molecular flexibility index (Phi) is 12.7. The monoisotopic (exact) mass is 746 g/mol. The van der Waals surface area contributed by atoms with Crippen LogP contribution in [0.15, 0.2) is 45.3 Å². The SMILES string of the molecule is CS(=O)(=O)CCCn1c(CCl)nc2cc(Br)ccc21.CS(=O)(=O)CCCn1c(CO)nc2cc(Br)ccc21.Cl. The zero-order chi connectivity index (χ0) is 28.1. The zero-order valence-corrected chi connectivity index (χ0v) is 27.7. The van der Waals surface area contributed by atoms with Gasteiger partial charge in [-0.3, -0.25) is 0 Å². The van der Waals surface area contributed by atoms with Crippen molar-refractivity contribution in [1.29, 1.82) is 0 Å². The Morgan fingerprint density at radius 1 is 0.795 bits per heavy atom. The number of nitrogens with zero attached hydrogens (tertiary/aromatic N) is 4. The number of aliphatic hydroxyl groups excluding tert-OH is 1. The van der Waals surface area contributed by atoms with Gasteiger partial charge in [-0.05, 0) is 49.2 Å². The molecule has 15 heteroatoms. The van der Waals surface area contributed by atoms with Crippen molar-refractivity contribution >= 4 is 97.6 Å². The maximum Gasteiger partial charge on any atom is 0.147 e. The van der Waals surface area contributed by atoms with Gasteiger partial charge >= 0.3 is 0 Å². The van der Waals surface area contributed by atoms with Crippen LogP contribution in [0.3, 0.4) is 0 Å². The van der Waals surface area contributed by atoms with Gasteiger partial charge in [0.05, 0.1) is 39.5 Å². The minimum atomic E-state index is -2.96. The van der Waals surface area contributed by atoms with Crippen LogP contribution < -0.4 is 0 Å². The molecular formula is C24H30Br2Cl2N4O5S2. The molecule has 4 aromatic rings. The molecule has 0 spiro atoms. The number of fused-ring (bicyclic) bond motifs is 2. The van der Waals surface area contributed by atoms with Crippen LogP contribution in [0.5, 0.6) is 0 Å². The Bertz CT molecular complexity index is 1520. The van der Waals surface area contributed by atoms with Crippen LogP contribution in [0, 0.1) is 0 Å². The van der Waals surface area contributed by atoms with Gasteiger partial charge in [0.15, 0.2) is 0 Å². The first-order valence-electron chi connectivity index (χ1n) is 11.6. The van der Waals surface area contributed by atoms with Gasteiger partial charge in [-0.15, -0.1) is 24.0 Å². The molecule has 0 saturated heterocycles. The van der Waals surface area contributed by atoms with E-state index in [2.05, 4.69) is 41.8 Å². The fourth-order valence-corrected chi connectivity index (χ4v) is 6.21. The predicted molar refractivity (Wildman–Crippen MR) is 166 cm³/mol. The molecule has 39 heavy (non-hydrogen) atoms. The number of hydrogen-bond acceptors (Lipinski definition) is 7. The minimum absolute atomic E-state index is 0. The molecule has 4 rings (SSSR count). The van der Waals surface area contributed by atoms with E-state index in [9.17, 15) is 21.9 Å². The Morgan fingerprint density at radius 3 is 1.59 bits per heavy atom. The highest BCUT2D eigenvalue weighted by Gasteiger charge is 2.12. The molecule has 0 amide bonds. The lowest BCUT2D eigenvalue weighted by Gasteiger charge is -2.07. The van der Waals surface area contributed by atoms with Crippen LogP contribution in [0.1, 0.15) is 24.5 Å². The van der Waals surface area contributed by atoms with E-state index < -0.39 is 19.7 Å². The van der Waals surface area contributed by atoms with Crippen LogP contribution in [-0.4, -0.2) is 65.1 Å². The average Bonchev–Trinajstić information content (AvgIpc) is 3.34. The summed E-state index contributed by atoms with van der Waals surface area (Å²) in [5.74, 6) is 1.94. The van der Waals surface area contributed by atoms with Gasteiger partial charge in [0, 0.05) is 34.5 Å². The first kappa shape index (κ1) is 34.0. The first-order chi connectivity index (χ1) is 17.8.